The molecule has 1 aliphatic heterocycles. The highest BCUT2D eigenvalue weighted by atomic mass is 16.3. The minimum atomic E-state index is 0.292. The van der Waals surface area contributed by atoms with Gasteiger partial charge in [0.15, 0.2) is 17.1 Å². The molecule has 1 fully saturated rings. The summed E-state index contributed by atoms with van der Waals surface area (Å²) >= 11 is 0. The summed E-state index contributed by atoms with van der Waals surface area (Å²) in [5.74, 6) is 0.666. The number of hydrogen-bond donors (Lipinski definition) is 1. The van der Waals surface area contributed by atoms with E-state index in [1.807, 2.05) is 31.2 Å². The van der Waals surface area contributed by atoms with Crippen LogP contribution in [-0.2, 0) is 0 Å². The predicted molar refractivity (Wildman–Crippen MR) is 111 cm³/mol. The van der Waals surface area contributed by atoms with Gasteiger partial charge in [-0.3, -0.25) is 4.68 Å². The van der Waals surface area contributed by atoms with Gasteiger partial charge in [0, 0.05) is 11.8 Å². The van der Waals surface area contributed by atoms with Crippen molar-refractivity contribution in [2.45, 2.75) is 25.8 Å². The number of oxazole rings is 1. The number of para-hydroxylation sites is 2. The molecular formula is C21H23N7O. The normalized spacial score (nSPS) is 15.9. The first-order chi connectivity index (χ1) is 14.1. The van der Waals surface area contributed by atoms with Crippen molar-refractivity contribution in [2.24, 2.45) is 0 Å². The smallest absolute Gasteiger partial charge is 0.250 e. The van der Waals surface area contributed by atoms with Crippen LogP contribution in [0.1, 0.15) is 24.6 Å². The fourth-order valence-corrected chi connectivity index (χ4v) is 3.84. The Morgan fingerprint density at radius 2 is 1.93 bits per heavy atom. The highest BCUT2D eigenvalue weighted by Crippen LogP contribution is 2.30. The van der Waals surface area contributed by atoms with Gasteiger partial charge in [0.05, 0.1) is 23.6 Å². The van der Waals surface area contributed by atoms with Gasteiger partial charge in [0.25, 0.3) is 0 Å². The Hall–Kier alpha value is -3.26. The number of likely N-dealkylation sites (tertiary alicyclic amines) is 1. The van der Waals surface area contributed by atoms with Gasteiger partial charge in [0.2, 0.25) is 5.89 Å². The minimum absolute atomic E-state index is 0.292. The second kappa shape index (κ2) is 6.97. The number of piperidine rings is 1. The predicted octanol–water partition coefficient (Wildman–Crippen LogP) is 3.31. The maximum Gasteiger partial charge on any atom is 0.250 e. The van der Waals surface area contributed by atoms with Gasteiger partial charge in [-0.2, -0.15) is 5.10 Å². The molecule has 0 spiro atoms. The number of rotatable bonds is 3. The number of fused-ring (bicyclic) bond motifs is 1. The van der Waals surface area contributed by atoms with Crippen LogP contribution in [0.5, 0.6) is 0 Å². The molecule has 0 unspecified atom stereocenters. The zero-order valence-corrected chi connectivity index (χ0v) is 16.5. The first kappa shape index (κ1) is 17.8. The van der Waals surface area contributed by atoms with Gasteiger partial charge >= 0.3 is 0 Å². The molecule has 0 aliphatic carbocycles. The van der Waals surface area contributed by atoms with Gasteiger partial charge < -0.3 is 15.1 Å². The summed E-state index contributed by atoms with van der Waals surface area (Å²) in [7, 11) is 2.16. The Morgan fingerprint density at radius 1 is 1.14 bits per heavy atom. The molecule has 5 rings (SSSR count). The van der Waals surface area contributed by atoms with Crippen LogP contribution in [0.3, 0.4) is 0 Å². The lowest BCUT2D eigenvalue weighted by atomic mass is 10.1. The van der Waals surface area contributed by atoms with E-state index in [1.54, 1.807) is 6.20 Å². The number of anilines is 1. The van der Waals surface area contributed by atoms with Crippen molar-refractivity contribution in [3.8, 4) is 22.8 Å². The molecule has 0 radical (unpaired) electrons. The Balaban J connectivity index is 1.51. The van der Waals surface area contributed by atoms with Crippen LogP contribution >= 0.6 is 0 Å². The number of nitrogens with two attached hydrogens (primary N) is 1. The summed E-state index contributed by atoms with van der Waals surface area (Å²) in [6, 6.07) is 8.00. The van der Waals surface area contributed by atoms with E-state index in [-0.39, 0.29) is 0 Å². The highest BCUT2D eigenvalue weighted by Gasteiger charge is 2.22. The Morgan fingerprint density at radius 3 is 2.72 bits per heavy atom. The molecule has 4 aromatic rings. The third-order valence-electron chi connectivity index (χ3n) is 5.55. The maximum absolute atomic E-state index is 6.10. The zero-order chi connectivity index (χ0) is 20.0. The number of aromatic nitrogens is 5. The van der Waals surface area contributed by atoms with Crippen molar-refractivity contribution in [2.75, 3.05) is 25.9 Å². The van der Waals surface area contributed by atoms with Crippen molar-refractivity contribution >= 4 is 16.9 Å². The maximum atomic E-state index is 6.10. The monoisotopic (exact) mass is 389 g/mol. The number of nitrogens with zero attached hydrogens (tertiary/aromatic N) is 6. The van der Waals surface area contributed by atoms with E-state index in [0.717, 1.165) is 42.7 Å². The topological polar surface area (TPSA) is 98.9 Å². The Labute approximate surface area is 168 Å². The molecule has 0 bridgehead atoms. The first-order valence-electron chi connectivity index (χ1n) is 9.81. The molecule has 4 heterocycles. The molecule has 0 amide bonds. The van der Waals surface area contributed by atoms with Crippen molar-refractivity contribution in [1.82, 2.24) is 29.6 Å². The van der Waals surface area contributed by atoms with Crippen LogP contribution in [-0.4, -0.2) is 49.8 Å². The summed E-state index contributed by atoms with van der Waals surface area (Å²) in [4.78, 5) is 15.9. The van der Waals surface area contributed by atoms with Crippen LogP contribution in [0.4, 0.5) is 5.82 Å². The molecule has 1 aliphatic rings. The third kappa shape index (κ3) is 3.25. The quantitative estimate of drug-likeness (QED) is 0.574. The summed E-state index contributed by atoms with van der Waals surface area (Å²) in [6.45, 7) is 4.17. The van der Waals surface area contributed by atoms with Crippen LogP contribution < -0.4 is 5.73 Å². The molecule has 1 aromatic carbocycles. The van der Waals surface area contributed by atoms with Crippen molar-refractivity contribution in [1.29, 1.82) is 0 Å². The minimum Gasteiger partial charge on any atom is -0.435 e. The van der Waals surface area contributed by atoms with Crippen LogP contribution in [0.25, 0.3) is 33.9 Å². The summed E-state index contributed by atoms with van der Waals surface area (Å²) < 4.78 is 7.93. The molecule has 8 nitrogen and oxygen atoms in total. The molecule has 29 heavy (non-hydrogen) atoms. The molecule has 0 atom stereocenters. The van der Waals surface area contributed by atoms with E-state index < -0.39 is 0 Å². The van der Waals surface area contributed by atoms with Gasteiger partial charge in [-0.25, -0.2) is 15.0 Å². The molecule has 3 aromatic heterocycles. The van der Waals surface area contributed by atoms with Crippen LogP contribution in [0.2, 0.25) is 0 Å². The number of benzene rings is 1. The highest BCUT2D eigenvalue weighted by molar-refractivity contribution is 5.78. The van der Waals surface area contributed by atoms with Gasteiger partial charge in [-0.1, -0.05) is 12.1 Å². The summed E-state index contributed by atoms with van der Waals surface area (Å²) in [5, 5.41) is 4.76. The lowest BCUT2D eigenvalue weighted by molar-refractivity contribution is 0.212. The molecule has 8 heteroatoms. The molecule has 148 valence electrons. The number of hydrogen-bond acceptors (Lipinski definition) is 7. The third-order valence-corrected chi connectivity index (χ3v) is 5.55. The lowest BCUT2D eigenvalue weighted by Gasteiger charge is -2.29. The van der Waals surface area contributed by atoms with Gasteiger partial charge in [-0.05, 0) is 52.0 Å². The molecule has 1 saturated heterocycles. The average Bonchev–Trinajstić information content (AvgIpc) is 3.32. The van der Waals surface area contributed by atoms with E-state index in [9.17, 15) is 0 Å². The zero-order valence-electron chi connectivity index (χ0n) is 16.5. The Kier molecular flexibility index (Phi) is 4.28. The van der Waals surface area contributed by atoms with Crippen molar-refractivity contribution in [3.05, 3.63) is 42.4 Å². The van der Waals surface area contributed by atoms with E-state index >= 15 is 0 Å². The molecular weight excluding hydrogens is 366 g/mol. The largest absolute Gasteiger partial charge is 0.435 e. The van der Waals surface area contributed by atoms with E-state index in [1.165, 1.54) is 0 Å². The standard InChI is InChI=1S/C21H23N7O/c1-13-15(12-28(26-13)14-7-9-27(2)10-8-14)17-11-23-20(22)19(24-17)21-25-16-5-3-4-6-18(16)29-21/h3-6,11-12,14H,7-10H2,1-2H3,(H2,22,23). The van der Waals surface area contributed by atoms with Crippen LogP contribution in [0, 0.1) is 6.92 Å². The summed E-state index contributed by atoms with van der Waals surface area (Å²) in [5.41, 5.74) is 10.6. The number of aryl methyl sites for hydroxylation is 1. The lowest BCUT2D eigenvalue weighted by Crippen LogP contribution is -2.31. The fourth-order valence-electron chi connectivity index (χ4n) is 3.84. The fraction of sp³-hybridized carbons (Fsp3) is 0.333. The van der Waals surface area contributed by atoms with Crippen LogP contribution in [0.15, 0.2) is 41.1 Å². The average molecular weight is 389 g/mol. The van der Waals surface area contributed by atoms with Gasteiger partial charge in [-0.15, -0.1) is 0 Å². The van der Waals surface area contributed by atoms with Crippen molar-refractivity contribution < 1.29 is 4.42 Å². The molecule has 2 N–H and O–H groups in total. The van der Waals surface area contributed by atoms with Gasteiger partial charge in [0.1, 0.15) is 5.52 Å². The van der Waals surface area contributed by atoms with E-state index in [0.29, 0.717) is 34.7 Å². The Bertz CT molecular complexity index is 1140. The van der Waals surface area contributed by atoms with E-state index in [4.69, 9.17) is 20.2 Å². The second-order valence-electron chi connectivity index (χ2n) is 7.62. The number of nitrogen functional groups attached to an aromatic ring is 1. The SMILES string of the molecule is Cc1nn(C2CCN(C)CC2)cc1-c1cnc(N)c(-c2nc3ccccc3o2)n1. The van der Waals surface area contributed by atoms with E-state index in [2.05, 4.69) is 32.8 Å². The summed E-state index contributed by atoms with van der Waals surface area (Å²) in [6.07, 6.45) is 5.95. The second-order valence-corrected chi connectivity index (χ2v) is 7.62. The molecule has 0 saturated carbocycles. The van der Waals surface area contributed by atoms with Crippen molar-refractivity contribution in [3.63, 3.8) is 0 Å². The first-order valence-corrected chi connectivity index (χ1v) is 9.81.